The summed E-state index contributed by atoms with van der Waals surface area (Å²) in [5.74, 6) is 0. The molecule has 0 aromatic carbocycles. The lowest BCUT2D eigenvalue weighted by Gasteiger charge is -2.44. The van der Waals surface area contributed by atoms with Crippen molar-refractivity contribution in [2.45, 2.75) is 45.1 Å². The van der Waals surface area contributed by atoms with Crippen molar-refractivity contribution in [3.8, 4) is 0 Å². The van der Waals surface area contributed by atoms with Gasteiger partial charge in [-0.05, 0) is 19.3 Å². The van der Waals surface area contributed by atoms with Crippen LogP contribution in [0.4, 0.5) is 0 Å². The van der Waals surface area contributed by atoms with Gasteiger partial charge in [-0.15, -0.1) is 0 Å². The van der Waals surface area contributed by atoms with Crippen LogP contribution in [0.5, 0.6) is 0 Å². The van der Waals surface area contributed by atoms with Gasteiger partial charge in [0.25, 0.3) is 0 Å². The largest absolute Gasteiger partial charge is 0.396 e. The molecule has 0 spiro atoms. The zero-order valence-corrected chi connectivity index (χ0v) is 7.21. The maximum atomic E-state index is 9.66. The summed E-state index contributed by atoms with van der Waals surface area (Å²) in [6, 6.07) is 0. The molecule has 11 heavy (non-hydrogen) atoms. The number of hydrogen-bond acceptors (Lipinski definition) is 2. The van der Waals surface area contributed by atoms with Crippen LogP contribution in [0, 0.1) is 5.41 Å². The Morgan fingerprint density at radius 2 is 2.09 bits per heavy atom. The first-order chi connectivity index (χ1) is 5.25. The molecule has 0 bridgehead atoms. The van der Waals surface area contributed by atoms with Crippen LogP contribution in [0.15, 0.2) is 0 Å². The Morgan fingerprint density at radius 3 is 2.36 bits per heavy atom. The van der Waals surface area contributed by atoms with Gasteiger partial charge in [-0.2, -0.15) is 0 Å². The summed E-state index contributed by atoms with van der Waals surface area (Å²) in [5, 5.41) is 18.7. The van der Waals surface area contributed by atoms with Crippen molar-refractivity contribution < 1.29 is 10.2 Å². The topological polar surface area (TPSA) is 40.5 Å². The summed E-state index contributed by atoms with van der Waals surface area (Å²) in [5.41, 5.74) is -0.115. The SMILES string of the molecule is CCCC(O)C1(CO)CCC1. The second-order valence-electron chi connectivity index (χ2n) is 3.68. The Labute approximate surface area is 68.2 Å². The average molecular weight is 158 g/mol. The molecule has 1 atom stereocenters. The molecule has 1 aliphatic rings. The number of rotatable bonds is 4. The van der Waals surface area contributed by atoms with Gasteiger partial charge in [0.1, 0.15) is 0 Å². The van der Waals surface area contributed by atoms with Crippen LogP contribution in [0.25, 0.3) is 0 Å². The van der Waals surface area contributed by atoms with Crippen LogP contribution in [0.1, 0.15) is 39.0 Å². The van der Waals surface area contributed by atoms with Gasteiger partial charge in [-0.1, -0.05) is 19.8 Å². The number of aliphatic hydroxyl groups excluding tert-OH is 2. The number of hydrogen-bond donors (Lipinski definition) is 2. The average Bonchev–Trinajstić information content (AvgIpc) is 1.87. The molecule has 0 amide bonds. The van der Waals surface area contributed by atoms with Crippen molar-refractivity contribution in [3.63, 3.8) is 0 Å². The Kier molecular flexibility index (Phi) is 2.90. The maximum absolute atomic E-state index is 9.66. The molecule has 0 radical (unpaired) electrons. The highest BCUT2D eigenvalue weighted by Crippen LogP contribution is 2.44. The molecule has 0 aliphatic heterocycles. The number of aliphatic hydroxyl groups is 2. The Bertz CT molecular complexity index is 113. The standard InChI is InChI=1S/C9H18O2/c1-2-4-8(11)9(7-10)5-3-6-9/h8,10-11H,2-7H2,1H3. The second kappa shape index (κ2) is 3.55. The minimum Gasteiger partial charge on any atom is -0.396 e. The van der Waals surface area contributed by atoms with Gasteiger partial charge < -0.3 is 10.2 Å². The van der Waals surface area contributed by atoms with E-state index in [1.165, 1.54) is 6.42 Å². The van der Waals surface area contributed by atoms with E-state index >= 15 is 0 Å². The first kappa shape index (κ1) is 9.01. The van der Waals surface area contributed by atoms with Gasteiger partial charge in [0.15, 0.2) is 0 Å². The molecule has 1 aliphatic carbocycles. The van der Waals surface area contributed by atoms with Crippen LogP contribution in [-0.4, -0.2) is 22.9 Å². The second-order valence-corrected chi connectivity index (χ2v) is 3.68. The lowest BCUT2D eigenvalue weighted by Crippen LogP contribution is -2.44. The van der Waals surface area contributed by atoms with E-state index in [4.69, 9.17) is 5.11 Å². The van der Waals surface area contributed by atoms with Crippen LogP contribution in [-0.2, 0) is 0 Å². The van der Waals surface area contributed by atoms with Crippen LogP contribution in [0.3, 0.4) is 0 Å². The maximum Gasteiger partial charge on any atom is 0.0618 e. The molecule has 0 aromatic rings. The van der Waals surface area contributed by atoms with Gasteiger partial charge in [0.2, 0.25) is 0 Å². The molecule has 1 rings (SSSR count). The molecular weight excluding hydrogens is 140 g/mol. The van der Waals surface area contributed by atoms with Crippen molar-refractivity contribution in [2.75, 3.05) is 6.61 Å². The molecule has 66 valence electrons. The summed E-state index contributed by atoms with van der Waals surface area (Å²) < 4.78 is 0. The van der Waals surface area contributed by atoms with Crippen molar-refractivity contribution in [1.82, 2.24) is 0 Å². The lowest BCUT2D eigenvalue weighted by molar-refractivity contribution is -0.0745. The summed E-state index contributed by atoms with van der Waals surface area (Å²) in [7, 11) is 0. The first-order valence-electron chi connectivity index (χ1n) is 4.54. The van der Waals surface area contributed by atoms with E-state index in [0.717, 1.165) is 25.7 Å². The Morgan fingerprint density at radius 1 is 1.45 bits per heavy atom. The fraction of sp³-hybridized carbons (Fsp3) is 1.00. The highest BCUT2D eigenvalue weighted by atomic mass is 16.3. The van der Waals surface area contributed by atoms with E-state index in [1.54, 1.807) is 0 Å². The van der Waals surface area contributed by atoms with Gasteiger partial charge in [-0.3, -0.25) is 0 Å². The molecule has 2 N–H and O–H groups in total. The van der Waals surface area contributed by atoms with E-state index in [0.29, 0.717) is 0 Å². The zero-order chi connectivity index (χ0) is 8.32. The molecule has 0 saturated heterocycles. The van der Waals surface area contributed by atoms with Gasteiger partial charge in [0.05, 0.1) is 12.7 Å². The molecule has 1 unspecified atom stereocenters. The van der Waals surface area contributed by atoms with E-state index < -0.39 is 0 Å². The van der Waals surface area contributed by atoms with Gasteiger partial charge in [0, 0.05) is 5.41 Å². The smallest absolute Gasteiger partial charge is 0.0618 e. The van der Waals surface area contributed by atoms with E-state index in [9.17, 15) is 5.11 Å². The van der Waals surface area contributed by atoms with Crippen molar-refractivity contribution >= 4 is 0 Å². The van der Waals surface area contributed by atoms with Gasteiger partial charge >= 0.3 is 0 Å². The molecule has 1 fully saturated rings. The molecule has 2 nitrogen and oxygen atoms in total. The fourth-order valence-corrected chi connectivity index (χ4v) is 1.81. The molecule has 1 saturated carbocycles. The van der Waals surface area contributed by atoms with Crippen molar-refractivity contribution in [1.29, 1.82) is 0 Å². The van der Waals surface area contributed by atoms with Crippen molar-refractivity contribution in [2.24, 2.45) is 5.41 Å². The Balaban J connectivity index is 2.40. The minimum absolute atomic E-state index is 0.115. The third-order valence-electron chi connectivity index (χ3n) is 2.93. The predicted molar refractivity (Wildman–Crippen MR) is 44.3 cm³/mol. The first-order valence-corrected chi connectivity index (χ1v) is 4.54. The molecular formula is C9H18O2. The third-order valence-corrected chi connectivity index (χ3v) is 2.93. The summed E-state index contributed by atoms with van der Waals surface area (Å²) in [4.78, 5) is 0. The highest BCUT2D eigenvalue weighted by molar-refractivity contribution is 4.92. The quantitative estimate of drug-likeness (QED) is 0.647. The summed E-state index contributed by atoms with van der Waals surface area (Å²) in [6.45, 7) is 2.22. The fourth-order valence-electron chi connectivity index (χ4n) is 1.81. The predicted octanol–water partition coefficient (Wildman–Crippen LogP) is 1.31. The highest BCUT2D eigenvalue weighted by Gasteiger charge is 2.42. The Hall–Kier alpha value is -0.0800. The third kappa shape index (κ3) is 1.57. The minimum atomic E-state index is -0.272. The van der Waals surface area contributed by atoms with Crippen LogP contribution in [0.2, 0.25) is 0 Å². The van der Waals surface area contributed by atoms with E-state index in [1.807, 2.05) is 0 Å². The van der Waals surface area contributed by atoms with Crippen molar-refractivity contribution in [3.05, 3.63) is 0 Å². The summed E-state index contributed by atoms with van der Waals surface area (Å²) >= 11 is 0. The molecule has 2 heteroatoms. The van der Waals surface area contributed by atoms with Crippen LogP contribution >= 0.6 is 0 Å². The van der Waals surface area contributed by atoms with E-state index in [2.05, 4.69) is 6.92 Å². The lowest BCUT2D eigenvalue weighted by atomic mass is 9.65. The van der Waals surface area contributed by atoms with Gasteiger partial charge in [-0.25, -0.2) is 0 Å². The van der Waals surface area contributed by atoms with E-state index in [-0.39, 0.29) is 18.1 Å². The molecule has 0 aromatic heterocycles. The normalized spacial score (nSPS) is 24.3. The van der Waals surface area contributed by atoms with Crippen LogP contribution < -0.4 is 0 Å². The zero-order valence-electron chi connectivity index (χ0n) is 7.21. The monoisotopic (exact) mass is 158 g/mol. The molecule has 0 heterocycles. The summed E-state index contributed by atoms with van der Waals surface area (Å²) in [6.07, 6.45) is 4.74.